The van der Waals surface area contributed by atoms with Crippen LogP contribution in [-0.2, 0) is 65.4 Å². The van der Waals surface area contributed by atoms with Crippen LogP contribution in [0.2, 0.25) is 0 Å². The predicted molar refractivity (Wildman–Crippen MR) is 405 cm³/mol. The lowest BCUT2D eigenvalue weighted by Crippen LogP contribution is -2.30. The molecule has 0 aliphatic rings. The summed E-state index contributed by atoms with van der Waals surface area (Å²) < 4.78 is 68.5. The first kappa shape index (κ1) is 97.1. The molecule has 3 N–H and O–H groups in total. The molecule has 2 unspecified atom stereocenters. The zero-order valence-corrected chi connectivity index (χ0v) is 66.4. The molecule has 0 saturated carbocycles. The van der Waals surface area contributed by atoms with E-state index >= 15 is 0 Å². The summed E-state index contributed by atoms with van der Waals surface area (Å²) in [5.41, 5.74) is 0. The maximum atomic E-state index is 13.1. The molecular formula is C80H156O17P2. The van der Waals surface area contributed by atoms with E-state index in [-0.39, 0.29) is 25.7 Å². The number of phosphoric acid groups is 2. The molecule has 0 spiro atoms. The van der Waals surface area contributed by atoms with Crippen molar-refractivity contribution in [3.8, 4) is 0 Å². The summed E-state index contributed by atoms with van der Waals surface area (Å²) in [6, 6.07) is 0. The van der Waals surface area contributed by atoms with Gasteiger partial charge in [-0.1, -0.05) is 375 Å². The van der Waals surface area contributed by atoms with E-state index in [1.54, 1.807) is 0 Å². The number of aliphatic hydroxyl groups excluding tert-OH is 1. The molecule has 0 rings (SSSR count). The zero-order chi connectivity index (χ0) is 72.7. The fourth-order valence-electron chi connectivity index (χ4n) is 12.4. The average Bonchev–Trinajstić information content (AvgIpc) is 1.20. The Balaban J connectivity index is 5.12. The van der Waals surface area contributed by atoms with Crippen molar-refractivity contribution in [2.45, 2.75) is 445 Å². The normalized spacial score (nSPS) is 13.9. The van der Waals surface area contributed by atoms with Crippen LogP contribution in [0.3, 0.4) is 0 Å². The van der Waals surface area contributed by atoms with Crippen molar-refractivity contribution < 1.29 is 80.2 Å². The van der Waals surface area contributed by atoms with Crippen LogP contribution in [0, 0.1) is 5.92 Å². The molecule has 0 fully saturated rings. The molecule has 5 atom stereocenters. The zero-order valence-electron chi connectivity index (χ0n) is 64.6. The highest BCUT2D eigenvalue weighted by Gasteiger charge is 2.30. The van der Waals surface area contributed by atoms with E-state index < -0.39 is 97.5 Å². The highest BCUT2D eigenvalue weighted by Crippen LogP contribution is 2.45. The third-order valence-corrected chi connectivity index (χ3v) is 20.7. The van der Waals surface area contributed by atoms with E-state index in [9.17, 15) is 43.2 Å². The lowest BCUT2D eigenvalue weighted by atomic mass is 10.0. The molecule has 99 heavy (non-hydrogen) atoms. The number of carbonyl (C=O) groups excluding carboxylic acids is 4. The minimum atomic E-state index is -4.96. The average molecular weight is 1450 g/mol. The van der Waals surface area contributed by atoms with Gasteiger partial charge in [-0.15, -0.1) is 0 Å². The van der Waals surface area contributed by atoms with Gasteiger partial charge in [-0.3, -0.25) is 37.3 Å². The van der Waals surface area contributed by atoms with Crippen molar-refractivity contribution in [2.75, 3.05) is 39.6 Å². The first-order valence-corrected chi connectivity index (χ1v) is 44.6. The van der Waals surface area contributed by atoms with Crippen molar-refractivity contribution in [1.82, 2.24) is 0 Å². The van der Waals surface area contributed by atoms with E-state index in [0.717, 1.165) is 102 Å². The molecule has 17 nitrogen and oxygen atoms in total. The topological polar surface area (TPSA) is 237 Å². The van der Waals surface area contributed by atoms with Crippen LogP contribution in [-0.4, -0.2) is 96.7 Å². The Bertz CT molecular complexity index is 1890. The Kier molecular flexibility index (Phi) is 71.6. The van der Waals surface area contributed by atoms with Crippen LogP contribution in [0.4, 0.5) is 0 Å². The molecule has 0 radical (unpaired) electrons. The van der Waals surface area contributed by atoms with Crippen molar-refractivity contribution >= 4 is 39.5 Å². The van der Waals surface area contributed by atoms with E-state index in [4.69, 9.17) is 37.0 Å². The lowest BCUT2D eigenvalue weighted by molar-refractivity contribution is -0.161. The number of ether oxygens (including phenoxy) is 4. The van der Waals surface area contributed by atoms with Gasteiger partial charge in [0.1, 0.15) is 19.3 Å². The number of aliphatic hydroxyl groups is 1. The monoisotopic (exact) mass is 1450 g/mol. The number of rotatable bonds is 80. The minimum Gasteiger partial charge on any atom is -0.462 e. The Morgan fingerprint density at radius 2 is 0.465 bits per heavy atom. The summed E-state index contributed by atoms with van der Waals surface area (Å²) in [4.78, 5) is 72.7. The summed E-state index contributed by atoms with van der Waals surface area (Å²) >= 11 is 0. The van der Waals surface area contributed by atoms with E-state index in [1.165, 1.54) is 244 Å². The number of hydrogen-bond donors (Lipinski definition) is 3. The summed E-state index contributed by atoms with van der Waals surface area (Å²) in [7, 11) is -9.91. The fourth-order valence-corrected chi connectivity index (χ4v) is 14.0. The number of phosphoric ester groups is 2. The van der Waals surface area contributed by atoms with Crippen LogP contribution in [0.15, 0.2) is 0 Å². The summed E-state index contributed by atoms with van der Waals surface area (Å²) in [6.07, 6.45) is 64.3. The van der Waals surface area contributed by atoms with Gasteiger partial charge in [0.15, 0.2) is 12.2 Å². The molecule has 19 heteroatoms. The highest BCUT2D eigenvalue weighted by molar-refractivity contribution is 7.47. The molecule has 0 aromatic carbocycles. The minimum absolute atomic E-state index is 0.108. The fraction of sp³-hybridized carbons (Fsp3) is 0.950. The quantitative estimate of drug-likeness (QED) is 0.0222. The largest absolute Gasteiger partial charge is 0.472 e. The van der Waals surface area contributed by atoms with E-state index in [2.05, 4.69) is 34.6 Å². The Labute approximate surface area is 607 Å². The van der Waals surface area contributed by atoms with E-state index in [0.29, 0.717) is 25.7 Å². The first-order valence-electron chi connectivity index (χ1n) is 41.6. The Morgan fingerprint density at radius 3 is 0.687 bits per heavy atom. The van der Waals surface area contributed by atoms with Gasteiger partial charge in [0.2, 0.25) is 0 Å². The van der Waals surface area contributed by atoms with Gasteiger partial charge in [-0.05, 0) is 31.6 Å². The molecule has 0 heterocycles. The SMILES string of the molecule is CCCCCCCCCCCCCCCCCCCCCCC(=O)O[C@H](COC(=O)CCCCCCCCCCCCCCCCC(C)C)COP(=O)(O)OC[C@@H](O)COP(=O)(O)OC[C@@H](COC(=O)CCCCCCC)OC(=O)CCCCCCCCCCCCCCCCCCC. The summed E-state index contributed by atoms with van der Waals surface area (Å²) in [5.74, 6) is -1.32. The third-order valence-electron chi connectivity index (χ3n) is 18.8. The molecular weight excluding hydrogens is 1290 g/mol. The maximum absolute atomic E-state index is 13.1. The van der Waals surface area contributed by atoms with Crippen molar-refractivity contribution in [3.63, 3.8) is 0 Å². The van der Waals surface area contributed by atoms with Gasteiger partial charge < -0.3 is 33.8 Å². The Morgan fingerprint density at radius 1 is 0.273 bits per heavy atom. The predicted octanol–water partition coefficient (Wildman–Crippen LogP) is 24.0. The maximum Gasteiger partial charge on any atom is 0.472 e. The smallest absolute Gasteiger partial charge is 0.462 e. The molecule has 0 saturated heterocycles. The van der Waals surface area contributed by atoms with Gasteiger partial charge in [0.25, 0.3) is 0 Å². The molecule has 0 aliphatic carbocycles. The summed E-state index contributed by atoms with van der Waals surface area (Å²) in [6.45, 7) is 7.26. The molecule has 0 bridgehead atoms. The standard InChI is InChI=1S/C80H156O17P2/c1-6-9-12-15-17-19-21-23-25-27-28-29-31-33-39-43-47-51-56-61-66-80(85)97-76(70-91-78(83)64-59-54-49-45-41-37-35-34-36-40-44-48-53-57-62-73(4)5)72-95-99(88,89)93-68-74(81)67-92-98(86,87)94-71-75(69-90-77(82)63-58-52-14-11-8-3)96-79(84)65-60-55-50-46-42-38-32-30-26-24-22-20-18-16-13-10-7-2/h73-76,81H,6-72H2,1-5H3,(H,86,87)(H,88,89)/t74-,75+,76+/m0/s1. The molecule has 0 aromatic heterocycles. The van der Waals surface area contributed by atoms with Crippen LogP contribution >= 0.6 is 15.6 Å². The second-order valence-corrected chi connectivity index (χ2v) is 32.2. The van der Waals surface area contributed by atoms with Crippen molar-refractivity contribution in [1.29, 1.82) is 0 Å². The second kappa shape index (κ2) is 73.0. The molecule has 588 valence electrons. The van der Waals surface area contributed by atoms with Crippen LogP contribution < -0.4 is 0 Å². The molecule has 0 aliphatic heterocycles. The number of esters is 4. The first-order chi connectivity index (χ1) is 48.0. The molecule has 0 aromatic rings. The van der Waals surface area contributed by atoms with E-state index in [1.807, 2.05) is 0 Å². The number of carbonyl (C=O) groups is 4. The lowest BCUT2D eigenvalue weighted by Gasteiger charge is -2.21. The second-order valence-electron chi connectivity index (χ2n) is 29.3. The number of unbranched alkanes of at least 4 members (excludes halogenated alkanes) is 52. The van der Waals surface area contributed by atoms with Gasteiger partial charge in [0, 0.05) is 25.7 Å². The van der Waals surface area contributed by atoms with Gasteiger partial charge in [-0.25, -0.2) is 9.13 Å². The Hall–Kier alpha value is -1.94. The highest BCUT2D eigenvalue weighted by atomic mass is 31.2. The van der Waals surface area contributed by atoms with Gasteiger partial charge in [-0.2, -0.15) is 0 Å². The van der Waals surface area contributed by atoms with Crippen LogP contribution in [0.5, 0.6) is 0 Å². The molecule has 0 amide bonds. The summed E-state index contributed by atoms with van der Waals surface area (Å²) in [5, 5.41) is 10.6. The number of hydrogen-bond acceptors (Lipinski definition) is 15. The van der Waals surface area contributed by atoms with Crippen LogP contribution in [0.25, 0.3) is 0 Å². The van der Waals surface area contributed by atoms with Crippen molar-refractivity contribution in [2.24, 2.45) is 5.92 Å². The van der Waals surface area contributed by atoms with Gasteiger partial charge >= 0.3 is 39.5 Å². The third kappa shape index (κ3) is 74.1. The van der Waals surface area contributed by atoms with Gasteiger partial charge in [0.05, 0.1) is 26.4 Å². The van der Waals surface area contributed by atoms with Crippen molar-refractivity contribution in [3.05, 3.63) is 0 Å². The van der Waals surface area contributed by atoms with Crippen LogP contribution in [0.1, 0.15) is 426 Å².